The Kier molecular flexibility index (Phi) is 5.64. The topological polar surface area (TPSA) is 52.5 Å². The Morgan fingerprint density at radius 2 is 1.57 bits per heavy atom. The van der Waals surface area contributed by atoms with Crippen molar-refractivity contribution in [1.82, 2.24) is 5.32 Å². The Morgan fingerprint density at radius 1 is 1.14 bits per heavy atom. The van der Waals surface area contributed by atoms with Crippen LogP contribution in [-0.4, -0.2) is 35.5 Å². The molecule has 3 N–H and O–H groups in total. The minimum absolute atomic E-state index is 0.161. The van der Waals surface area contributed by atoms with Crippen molar-refractivity contribution in [3.63, 3.8) is 0 Å². The molecule has 0 aromatic rings. The highest BCUT2D eigenvalue weighted by atomic mass is 16.3. The Morgan fingerprint density at radius 3 is 1.86 bits per heavy atom. The summed E-state index contributed by atoms with van der Waals surface area (Å²) in [6.07, 6.45) is -0.0433. The smallest absolute Gasteiger partial charge is 0.0718 e. The standard InChI is InChI=1S/C11H25NO2/c1-8(2)11(14,9(3)4)6-10(13)7-12-5/h8-10,12-14H,6-7H2,1-5H3. The van der Waals surface area contributed by atoms with E-state index in [9.17, 15) is 10.2 Å². The molecule has 14 heavy (non-hydrogen) atoms. The van der Waals surface area contributed by atoms with Crippen LogP contribution in [0.4, 0.5) is 0 Å². The van der Waals surface area contributed by atoms with Crippen LogP contribution in [0.15, 0.2) is 0 Å². The van der Waals surface area contributed by atoms with Gasteiger partial charge in [0.15, 0.2) is 0 Å². The molecule has 0 aliphatic heterocycles. The van der Waals surface area contributed by atoms with Gasteiger partial charge in [0, 0.05) is 13.0 Å². The largest absolute Gasteiger partial charge is 0.392 e. The van der Waals surface area contributed by atoms with E-state index in [0.717, 1.165) is 0 Å². The molecule has 0 saturated carbocycles. The third kappa shape index (κ3) is 3.56. The van der Waals surface area contributed by atoms with E-state index in [1.54, 1.807) is 7.05 Å². The van der Waals surface area contributed by atoms with Gasteiger partial charge in [-0.25, -0.2) is 0 Å². The molecular formula is C11H25NO2. The zero-order valence-electron chi connectivity index (χ0n) is 10.0. The third-order valence-electron chi connectivity index (χ3n) is 3.00. The number of aliphatic hydroxyl groups is 2. The van der Waals surface area contributed by atoms with Crippen molar-refractivity contribution in [3.05, 3.63) is 0 Å². The second-order valence-corrected chi connectivity index (χ2v) is 4.72. The third-order valence-corrected chi connectivity index (χ3v) is 3.00. The average Bonchev–Trinajstić information content (AvgIpc) is 2.03. The molecule has 1 unspecified atom stereocenters. The summed E-state index contributed by atoms with van der Waals surface area (Å²) in [7, 11) is 1.80. The molecule has 0 fully saturated rings. The summed E-state index contributed by atoms with van der Waals surface area (Å²) in [5, 5.41) is 22.9. The fourth-order valence-electron chi connectivity index (χ4n) is 1.82. The highest BCUT2D eigenvalue weighted by molar-refractivity contribution is 4.87. The molecule has 0 rings (SSSR count). The molecule has 0 aliphatic rings. The maximum Gasteiger partial charge on any atom is 0.0718 e. The first-order chi connectivity index (χ1) is 6.34. The van der Waals surface area contributed by atoms with Gasteiger partial charge < -0.3 is 15.5 Å². The van der Waals surface area contributed by atoms with Gasteiger partial charge in [-0.1, -0.05) is 27.7 Å². The first-order valence-electron chi connectivity index (χ1n) is 5.39. The zero-order chi connectivity index (χ0) is 11.4. The molecule has 0 bridgehead atoms. The zero-order valence-corrected chi connectivity index (χ0v) is 10.0. The molecule has 0 heterocycles. The second-order valence-electron chi connectivity index (χ2n) is 4.72. The lowest BCUT2D eigenvalue weighted by Gasteiger charge is -2.37. The van der Waals surface area contributed by atoms with E-state index in [1.807, 2.05) is 27.7 Å². The monoisotopic (exact) mass is 203 g/mol. The highest BCUT2D eigenvalue weighted by Gasteiger charge is 2.36. The highest BCUT2D eigenvalue weighted by Crippen LogP contribution is 2.30. The number of rotatable bonds is 6. The molecule has 0 saturated heterocycles. The van der Waals surface area contributed by atoms with Crippen LogP contribution in [0.1, 0.15) is 34.1 Å². The van der Waals surface area contributed by atoms with Crippen LogP contribution in [-0.2, 0) is 0 Å². The SMILES string of the molecule is CNCC(O)CC(O)(C(C)C)C(C)C. The number of nitrogens with one attached hydrogen (secondary N) is 1. The first-order valence-corrected chi connectivity index (χ1v) is 5.39. The average molecular weight is 203 g/mol. The van der Waals surface area contributed by atoms with Gasteiger partial charge >= 0.3 is 0 Å². The quantitative estimate of drug-likeness (QED) is 0.603. The fraction of sp³-hybridized carbons (Fsp3) is 1.00. The van der Waals surface area contributed by atoms with E-state index < -0.39 is 11.7 Å². The minimum Gasteiger partial charge on any atom is -0.392 e. The lowest BCUT2D eigenvalue weighted by atomic mass is 9.76. The molecule has 0 aliphatic carbocycles. The van der Waals surface area contributed by atoms with Gasteiger partial charge in [-0.2, -0.15) is 0 Å². The van der Waals surface area contributed by atoms with E-state index in [4.69, 9.17) is 0 Å². The minimum atomic E-state index is -0.768. The summed E-state index contributed by atoms with van der Waals surface area (Å²) in [5.41, 5.74) is -0.768. The fourth-order valence-corrected chi connectivity index (χ4v) is 1.82. The van der Waals surface area contributed by atoms with Crippen LogP contribution < -0.4 is 5.32 Å². The summed E-state index contributed by atoms with van der Waals surface area (Å²) in [5.74, 6) is 0.322. The molecule has 0 radical (unpaired) electrons. The van der Waals surface area contributed by atoms with E-state index in [1.165, 1.54) is 0 Å². The molecule has 0 aromatic heterocycles. The van der Waals surface area contributed by atoms with Crippen molar-refractivity contribution in [3.8, 4) is 0 Å². The molecular weight excluding hydrogens is 178 g/mol. The van der Waals surface area contributed by atoms with Gasteiger partial charge in [0.2, 0.25) is 0 Å². The molecule has 0 amide bonds. The molecule has 0 spiro atoms. The van der Waals surface area contributed by atoms with Gasteiger partial charge in [-0.05, 0) is 18.9 Å². The summed E-state index contributed by atoms with van der Waals surface area (Å²) >= 11 is 0. The number of hydrogen-bond donors (Lipinski definition) is 3. The van der Waals surface area contributed by atoms with Crippen LogP contribution in [0.3, 0.4) is 0 Å². The number of aliphatic hydroxyl groups excluding tert-OH is 1. The Balaban J connectivity index is 4.37. The first kappa shape index (κ1) is 13.9. The van der Waals surface area contributed by atoms with Gasteiger partial charge in [-0.3, -0.25) is 0 Å². The Labute approximate surface area is 87.5 Å². The van der Waals surface area contributed by atoms with Gasteiger partial charge in [0.25, 0.3) is 0 Å². The van der Waals surface area contributed by atoms with Crippen LogP contribution in [0.25, 0.3) is 0 Å². The van der Waals surface area contributed by atoms with Crippen LogP contribution >= 0.6 is 0 Å². The van der Waals surface area contributed by atoms with E-state index in [2.05, 4.69) is 5.32 Å². The lowest BCUT2D eigenvalue weighted by Crippen LogP contribution is -2.45. The summed E-state index contributed by atoms with van der Waals surface area (Å²) in [6.45, 7) is 8.50. The maximum atomic E-state index is 10.4. The van der Waals surface area contributed by atoms with Crippen molar-refractivity contribution in [2.75, 3.05) is 13.6 Å². The number of hydrogen-bond acceptors (Lipinski definition) is 3. The maximum absolute atomic E-state index is 10.4. The lowest BCUT2D eigenvalue weighted by molar-refractivity contribution is -0.0793. The summed E-state index contributed by atoms with van der Waals surface area (Å²) < 4.78 is 0. The van der Waals surface area contributed by atoms with Gasteiger partial charge in [0.1, 0.15) is 0 Å². The van der Waals surface area contributed by atoms with Crippen LogP contribution in [0.5, 0.6) is 0 Å². The predicted octanol–water partition coefficient (Wildman–Crippen LogP) is 1.000. The molecule has 3 nitrogen and oxygen atoms in total. The molecule has 86 valence electrons. The van der Waals surface area contributed by atoms with Crippen molar-refractivity contribution in [2.45, 2.75) is 45.8 Å². The van der Waals surface area contributed by atoms with Crippen molar-refractivity contribution in [1.29, 1.82) is 0 Å². The molecule has 0 aromatic carbocycles. The molecule has 1 atom stereocenters. The van der Waals surface area contributed by atoms with Crippen molar-refractivity contribution < 1.29 is 10.2 Å². The van der Waals surface area contributed by atoms with Crippen molar-refractivity contribution >= 4 is 0 Å². The van der Waals surface area contributed by atoms with E-state index in [-0.39, 0.29) is 11.8 Å². The van der Waals surface area contributed by atoms with Crippen LogP contribution in [0.2, 0.25) is 0 Å². The predicted molar refractivity (Wildman–Crippen MR) is 59.2 cm³/mol. The Bertz CT molecular complexity index is 149. The second kappa shape index (κ2) is 5.69. The summed E-state index contributed by atoms with van der Waals surface area (Å²) in [6, 6.07) is 0. The van der Waals surface area contributed by atoms with Gasteiger partial charge in [0.05, 0.1) is 11.7 Å². The van der Waals surface area contributed by atoms with E-state index >= 15 is 0 Å². The van der Waals surface area contributed by atoms with E-state index in [0.29, 0.717) is 13.0 Å². The normalized spacial score (nSPS) is 15.2. The number of likely N-dealkylation sites (N-methyl/N-ethyl adjacent to an activating group) is 1. The van der Waals surface area contributed by atoms with Crippen LogP contribution in [0, 0.1) is 11.8 Å². The van der Waals surface area contributed by atoms with Crippen molar-refractivity contribution in [2.24, 2.45) is 11.8 Å². The summed E-state index contributed by atoms with van der Waals surface area (Å²) in [4.78, 5) is 0. The Hall–Kier alpha value is -0.120. The van der Waals surface area contributed by atoms with Gasteiger partial charge in [-0.15, -0.1) is 0 Å². The molecule has 3 heteroatoms.